The second kappa shape index (κ2) is 10.3. The van der Waals surface area contributed by atoms with E-state index >= 15 is 0 Å². The quantitative estimate of drug-likeness (QED) is 0.426. The van der Waals surface area contributed by atoms with Crippen LogP contribution in [0.25, 0.3) is 0 Å². The van der Waals surface area contributed by atoms with E-state index in [9.17, 15) is 18.0 Å². The molecule has 2 heterocycles. The Balaban J connectivity index is 1.83. The number of hydrazine groups is 1. The molecule has 2 aromatic rings. The number of piperidine rings is 1. The molecule has 184 valence electrons. The van der Waals surface area contributed by atoms with E-state index in [-0.39, 0.29) is 17.9 Å². The van der Waals surface area contributed by atoms with Crippen LogP contribution in [0.1, 0.15) is 48.2 Å². The van der Waals surface area contributed by atoms with Crippen molar-refractivity contribution in [1.29, 1.82) is 0 Å². The van der Waals surface area contributed by atoms with Gasteiger partial charge in [-0.05, 0) is 56.9 Å². The predicted molar refractivity (Wildman–Crippen MR) is 127 cm³/mol. The second-order valence-corrected chi connectivity index (χ2v) is 8.80. The molecule has 0 aliphatic carbocycles. The van der Waals surface area contributed by atoms with Gasteiger partial charge in [-0.2, -0.15) is 13.2 Å². The van der Waals surface area contributed by atoms with Gasteiger partial charge in [-0.25, -0.2) is 10.8 Å². The van der Waals surface area contributed by atoms with E-state index in [2.05, 4.69) is 17.2 Å². The van der Waals surface area contributed by atoms with Gasteiger partial charge in [0.25, 0.3) is 5.91 Å². The molecule has 0 spiro atoms. The van der Waals surface area contributed by atoms with E-state index in [4.69, 9.17) is 11.6 Å². The summed E-state index contributed by atoms with van der Waals surface area (Å²) in [7, 11) is 0. The van der Waals surface area contributed by atoms with E-state index in [1.807, 2.05) is 17.9 Å². The minimum atomic E-state index is -4.44. The molecular weight excluding hydrogens is 445 g/mol. The Bertz CT molecular complexity index is 1030. The standard InChI is InChI=1S/C24H31F3N6O/c1-15-6-8-20(33(29)14-17(3)28)19(11-15)23(34)32-10-4-5-16(2)21(32)13-31-22-9-7-18(12-30-22)24(25,26)27/h6-9,11-12,14,16,21H,4-5,10,13,28-29H2,1-3H3,(H,30,31)/b17-14-/t16-,21-/m1/s1. The molecule has 34 heavy (non-hydrogen) atoms. The Morgan fingerprint density at radius 2 is 2.06 bits per heavy atom. The third-order valence-corrected chi connectivity index (χ3v) is 5.96. The number of aromatic nitrogens is 1. The average molecular weight is 477 g/mol. The molecule has 10 heteroatoms. The Hall–Kier alpha value is -3.27. The third kappa shape index (κ3) is 5.99. The summed E-state index contributed by atoms with van der Waals surface area (Å²) in [5.74, 6) is 6.52. The number of nitrogens with two attached hydrogens (primary N) is 2. The van der Waals surface area contributed by atoms with E-state index in [1.54, 1.807) is 25.3 Å². The number of carbonyl (C=O) groups excluding carboxylic acids is 1. The summed E-state index contributed by atoms with van der Waals surface area (Å²) in [6, 6.07) is 7.59. The van der Waals surface area contributed by atoms with Crippen LogP contribution in [0.3, 0.4) is 0 Å². The summed E-state index contributed by atoms with van der Waals surface area (Å²) in [6.07, 6.45) is -0.286. The normalized spacial score (nSPS) is 19.1. The van der Waals surface area contributed by atoms with Crippen LogP contribution in [-0.4, -0.2) is 34.9 Å². The van der Waals surface area contributed by atoms with Crippen molar-refractivity contribution in [3.63, 3.8) is 0 Å². The maximum Gasteiger partial charge on any atom is 0.417 e. The minimum absolute atomic E-state index is 0.157. The molecule has 0 bridgehead atoms. The van der Waals surface area contributed by atoms with Crippen LogP contribution in [0, 0.1) is 12.8 Å². The summed E-state index contributed by atoms with van der Waals surface area (Å²) in [6.45, 7) is 6.61. The lowest BCUT2D eigenvalue weighted by Gasteiger charge is -2.40. The highest BCUT2D eigenvalue weighted by Gasteiger charge is 2.34. The van der Waals surface area contributed by atoms with Gasteiger partial charge in [0.05, 0.1) is 22.9 Å². The zero-order chi connectivity index (χ0) is 25.0. The first-order valence-electron chi connectivity index (χ1n) is 11.1. The number of anilines is 2. The first-order valence-corrected chi connectivity index (χ1v) is 11.1. The highest BCUT2D eigenvalue weighted by Crippen LogP contribution is 2.30. The fourth-order valence-corrected chi connectivity index (χ4v) is 4.18. The van der Waals surface area contributed by atoms with Gasteiger partial charge in [0, 0.05) is 31.2 Å². The fourth-order valence-electron chi connectivity index (χ4n) is 4.18. The van der Waals surface area contributed by atoms with Crippen LogP contribution in [0.4, 0.5) is 24.7 Å². The van der Waals surface area contributed by atoms with Gasteiger partial charge < -0.3 is 16.0 Å². The van der Waals surface area contributed by atoms with Crippen molar-refractivity contribution in [2.45, 2.75) is 45.8 Å². The van der Waals surface area contributed by atoms with Crippen LogP contribution in [0.5, 0.6) is 0 Å². The zero-order valence-corrected chi connectivity index (χ0v) is 19.6. The molecule has 1 fully saturated rings. The number of aryl methyl sites for hydroxylation is 1. The van der Waals surface area contributed by atoms with Crippen molar-refractivity contribution in [2.75, 3.05) is 23.4 Å². The zero-order valence-electron chi connectivity index (χ0n) is 19.6. The van der Waals surface area contributed by atoms with Crippen LogP contribution >= 0.6 is 0 Å². The van der Waals surface area contributed by atoms with Crippen molar-refractivity contribution >= 4 is 17.4 Å². The van der Waals surface area contributed by atoms with Gasteiger partial charge in [0.2, 0.25) is 0 Å². The highest BCUT2D eigenvalue weighted by atomic mass is 19.4. The lowest BCUT2D eigenvalue weighted by Crippen LogP contribution is -2.51. The van der Waals surface area contributed by atoms with Gasteiger partial charge in [0.1, 0.15) is 5.82 Å². The largest absolute Gasteiger partial charge is 0.417 e. The number of hydrogen-bond donors (Lipinski definition) is 3. The summed E-state index contributed by atoms with van der Waals surface area (Å²) in [4.78, 5) is 19.4. The first kappa shape index (κ1) is 25.4. The number of amides is 1. The number of rotatable bonds is 6. The van der Waals surface area contributed by atoms with Crippen molar-refractivity contribution in [3.8, 4) is 0 Å². The number of hydrogen-bond acceptors (Lipinski definition) is 6. The van der Waals surface area contributed by atoms with Crippen LogP contribution < -0.4 is 21.9 Å². The number of pyridine rings is 1. The topological polar surface area (TPSA) is 101 Å². The number of nitrogens with zero attached hydrogens (tertiary/aromatic N) is 3. The Labute approximate surface area is 197 Å². The monoisotopic (exact) mass is 476 g/mol. The van der Waals surface area contributed by atoms with Gasteiger partial charge in [-0.3, -0.25) is 9.80 Å². The van der Waals surface area contributed by atoms with Crippen molar-refractivity contribution in [3.05, 3.63) is 65.1 Å². The van der Waals surface area contributed by atoms with Crippen molar-refractivity contribution < 1.29 is 18.0 Å². The minimum Gasteiger partial charge on any atom is -0.401 e. The number of likely N-dealkylation sites (tertiary alicyclic amines) is 1. The smallest absolute Gasteiger partial charge is 0.401 e. The first-order chi connectivity index (χ1) is 16.0. The van der Waals surface area contributed by atoms with E-state index in [0.29, 0.717) is 35.9 Å². The van der Waals surface area contributed by atoms with Crippen LogP contribution in [0.15, 0.2) is 48.4 Å². The molecule has 1 saturated heterocycles. The molecule has 1 aliphatic heterocycles. The average Bonchev–Trinajstić information content (AvgIpc) is 2.76. The number of alkyl halides is 3. The maximum absolute atomic E-state index is 13.7. The maximum atomic E-state index is 13.7. The molecule has 0 radical (unpaired) electrons. The molecule has 1 aromatic carbocycles. The molecule has 3 rings (SSSR count). The number of carbonyl (C=O) groups is 1. The Morgan fingerprint density at radius 3 is 2.68 bits per heavy atom. The fraction of sp³-hybridized carbons (Fsp3) is 0.417. The van der Waals surface area contributed by atoms with Crippen molar-refractivity contribution in [2.24, 2.45) is 17.5 Å². The van der Waals surface area contributed by atoms with Crippen molar-refractivity contribution in [1.82, 2.24) is 9.88 Å². The summed E-state index contributed by atoms with van der Waals surface area (Å²) < 4.78 is 38.4. The number of halogens is 3. The number of nitrogens with one attached hydrogen (secondary N) is 1. The van der Waals surface area contributed by atoms with Gasteiger partial charge in [0.15, 0.2) is 0 Å². The SMILES string of the molecule is C/C(N)=C/N(N)c1ccc(C)cc1C(=O)N1CCC[C@@H](C)[C@H]1CNc1ccc(C(F)(F)F)cn1. The van der Waals surface area contributed by atoms with Gasteiger partial charge in [-0.15, -0.1) is 0 Å². The predicted octanol–water partition coefficient (Wildman–Crippen LogP) is 4.26. The van der Waals surface area contributed by atoms with E-state index < -0.39 is 11.7 Å². The molecule has 5 N–H and O–H groups in total. The molecule has 1 aromatic heterocycles. The van der Waals surface area contributed by atoms with Crippen LogP contribution in [0.2, 0.25) is 0 Å². The molecule has 0 unspecified atom stereocenters. The lowest BCUT2D eigenvalue weighted by atomic mass is 9.89. The third-order valence-electron chi connectivity index (χ3n) is 5.96. The summed E-state index contributed by atoms with van der Waals surface area (Å²) in [5, 5.41) is 4.44. The van der Waals surface area contributed by atoms with Gasteiger partial charge >= 0.3 is 6.18 Å². The number of benzene rings is 1. The second-order valence-electron chi connectivity index (χ2n) is 8.80. The van der Waals surface area contributed by atoms with E-state index in [0.717, 1.165) is 30.7 Å². The molecule has 2 atom stereocenters. The highest BCUT2D eigenvalue weighted by molar-refractivity contribution is 6.00. The molecule has 0 saturated carbocycles. The summed E-state index contributed by atoms with van der Waals surface area (Å²) >= 11 is 0. The van der Waals surface area contributed by atoms with Gasteiger partial charge in [-0.1, -0.05) is 18.6 Å². The van der Waals surface area contributed by atoms with Crippen LogP contribution in [-0.2, 0) is 6.18 Å². The number of allylic oxidation sites excluding steroid dienone is 1. The summed E-state index contributed by atoms with van der Waals surface area (Å²) in [5.41, 5.74) is 7.38. The molecule has 1 aliphatic rings. The molecule has 7 nitrogen and oxygen atoms in total. The van der Waals surface area contributed by atoms with E-state index in [1.165, 1.54) is 11.1 Å². The molecular formula is C24H31F3N6O. The Morgan fingerprint density at radius 1 is 1.32 bits per heavy atom. The molecule has 1 amide bonds. The Kier molecular flexibility index (Phi) is 7.71. The lowest BCUT2D eigenvalue weighted by molar-refractivity contribution is -0.137.